The molecule has 7 heteroatoms. The molecule has 0 bridgehead atoms. The molecule has 1 N–H and O–H groups in total. The Labute approximate surface area is 183 Å². The molecule has 1 aromatic carbocycles. The maximum Gasteiger partial charge on any atom is 0.228 e. The molecule has 1 saturated carbocycles. The van der Waals surface area contributed by atoms with Gasteiger partial charge in [-0.15, -0.1) is 0 Å². The molecule has 3 aliphatic rings. The fourth-order valence-corrected chi connectivity index (χ4v) is 5.84. The first-order valence-electron chi connectivity index (χ1n) is 11.3. The van der Waals surface area contributed by atoms with Gasteiger partial charge in [0.2, 0.25) is 5.91 Å². The number of nitrogens with one attached hydrogen (secondary N) is 1. The van der Waals surface area contributed by atoms with Crippen LogP contribution in [0.15, 0.2) is 18.2 Å². The molecule has 1 amide bonds. The van der Waals surface area contributed by atoms with Crippen molar-refractivity contribution in [3.8, 4) is 0 Å². The first-order chi connectivity index (χ1) is 14.5. The Kier molecular flexibility index (Phi) is 6.98. The summed E-state index contributed by atoms with van der Waals surface area (Å²) in [6.07, 6.45) is 4.15. The topological polar surface area (TPSA) is 44.8 Å². The van der Waals surface area contributed by atoms with Gasteiger partial charge in [0.1, 0.15) is 5.82 Å². The normalized spacial score (nSPS) is 30.6. The Hall–Kier alpha value is -1.21. The van der Waals surface area contributed by atoms with Crippen molar-refractivity contribution in [3.05, 3.63) is 34.6 Å². The van der Waals surface area contributed by atoms with Gasteiger partial charge in [-0.05, 0) is 62.4 Å². The van der Waals surface area contributed by atoms with Crippen molar-refractivity contribution >= 4 is 17.5 Å². The number of ether oxygens (including phenoxy) is 1. The van der Waals surface area contributed by atoms with Gasteiger partial charge >= 0.3 is 0 Å². The van der Waals surface area contributed by atoms with Crippen molar-refractivity contribution in [2.24, 2.45) is 11.3 Å². The summed E-state index contributed by atoms with van der Waals surface area (Å²) in [5.41, 5.74) is 0.494. The Balaban J connectivity index is 1.46. The summed E-state index contributed by atoms with van der Waals surface area (Å²) < 4.78 is 19.0. The highest BCUT2D eigenvalue weighted by atomic mass is 35.5. The molecule has 1 aromatic rings. The van der Waals surface area contributed by atoms with Crippen molar-refractivity contribution in [2.45, 2.75) is 45.2 Å². The third-order valence-corrected chi connectivity index (χ3v) is 7.75. The van der Waals surface area contributed by atoms with Gasteiger partial charge in [-0.25, -0.2) is 4.39 Å². The van der Waals surface area contributed by atoms with E-state index in [0.717, 1.165) is 77.2 Å². The zero-order valence-electron chi connectivity index (χ0n) is 17.8. The number of carbonyl (C=O) groups is 1. The molecule has 1 aliphatic carbocycles. The van der Waals surface area contributed by atoms with Gasteiger partial charge in [-0.2, -0.15) is 0 Å². The zero-order chi connectivity index (χ0) is 21.1. The summed E-state index contributed by atoms with van der Waals surface area (Å²) in [6.45, 7) is 9.07. The highest BCUT2D eigenvalue weighted by Gasteiger charge is 2.52. The van der Waals surface area contributed by atoms with Crippen molar-refractivity contribution < 1.29 is 13.9 Å². The number of carbonyl (C=O) groups excluding carboxylic acids is 1. The van der Waals surface area contributed by atoms with Gasteiger partial charge in [-0.3, -0.25) is 9.69 Å². The van der Waals surface area contributed by atoms with Crippen LogP contribution in [0.2, 0.25) is 5.02 Å². The van der Waals surface area contributed by atoms with Gasteiger partial charge in [0.25, 0.3) is 0 Å². The van der Waals surface area contributed by atoms with E-state index in [4.69, 9.17) is 16.3 Å². The third-order valence-electron chi connectivity index (χ3n) is 7.46. The number of benzene rings is 1. The van der Waals surface area contributed by atoms with E-state index < -0.39 is 5.82 Å². The number of piperidine rings is 1. The minimum absolute atomic E-state index is 0.0960. The molecule has 3 fully saturated rings. The van der Waals surface area contributed by atoms with Gasteiger partial charge < -0.3 is 15.0 Å². The molecule has 4 rings (SSSR count). The molecule has 0 aromatic heterocycles. The number of morpholine rings is 1. The summed E-state index contributed by atoms with van der Waals surface area (Å²) in [7, 11) is 0. The number of hydrogen-bond acceptors (Lipinski definition) is 4. The molecule has 166 valence electrons. The van der Waals surface area contributed by atoms with Crippen LogP contribution in [0.1, 0.15) is 38.2 Å². The molecule has 0 unspecified atom stereocenters. The maximum atomic E-state index is 13.5. The van der Waals surface area contributed by atoms with E-state index in [-0.39, 0.29) is 16.3 Å². The van der Waals surface area contributed by atoms with E-state index in [1.807, 2.05) is 0 Å². The van der Waals surface area contributed by atoms with Crippen molar-refractivity contribution in [3.63, 3.8) is 0 Å². The molecule has 2 aliphatic heterocycles. The van der Waals surface area contributed by atoms with Crippen molar-refractivity contribution in [1.82, 2.24) is 15.1 Å². The fraction of sp³-hybridized carbons (Fsp3) is 0.696. The first-order valence-corrected chi connectivity index (χ1v) is 11.7. The Morgan fingerprint density at radius 2 is 2.10 bits per heavy atom. The van der Waals surface area contributed by atoms with E-state index in [0.29, 0.717) is 18.5 Å². The second-order valence-electron chi connectivity index (χ2n) is 9.02. The number of nitrogens with zero attached hydrogens (tertiary/aromatic N) is 2. The first kappa shape index (κ1) is 22.0. The van der Waals surface area contributed by atoms with Crippen LogP contribution in [0.25, 0.3) is 0 Å². The molecule has 2 saturated heterocycles. The molecule has 5 nitrogen and oxygen atoms in total. The minimum atomic E-state index is -0.433. The van der Waals surface area contributed by atoms with Gasteiger partial charge in [0.05, 0.1) is 23.7 Å². The van der Waals surface area contributed by atoms with Gasteiger partial charge in [-0.1, -0.05) is 24.6 Å². The number of likely N-dealkylation sites (tertiary alicyclic amines) is 1. The van der Waals surface area contributed by atoms with Crippen LogP contribution in [0, 0.1) is 17.2 Å². The molecule has 3 atom stereocenters. The lowest BCUT2D eigenvalue weighted by Crippen LogP contribution is -2.60. The number of rotatable bonds is 5. The van der Waals surface area contributed by atoms with E-state index in [2.05, 4.69) is 22.0 Å². The van der Waals surface area contributed by atoms with Crippen LogP contribution in [-0.4, -0.2) is 67.7 Å². The molecule has 2 heterocycles. The zero-order valence-corrected chi connectivity index (χ0v) is 18.6. The van der Waals surface area contributed by atoms with Crippen molar-refractivity contribution in [1.29, 1.82) is 0 Å². The Bertz CT molecular complexity index is 758. The van der Waals surface area contributed by atoms with Gasteiger partial charge in [0, 0.05) is 32.2 Å². The maximum absolute atomic E-state index is 13.5. The van der Waals surface area contributed by atoms with Crippen LogP contribution in [0.5, 0.6) is 0 Å². The molecule has 0 spiro atoms. The number of hydrogen-bond donors (Lipinski definition) is 1. The van der Waals surface area contributed by atoms with Crippen LogP contribution >= 0.6 is 11.6 Å². The summed E-state index contributed by atoms with van der Waals surface area (Å²) in [5.74, 6) is 0.114. The second kappa shape index (κ2) is 9.51. The Morgan fingerprint density at radius 3 is 2.83 bits per heavy atom. The summed E-state index contributed by atoms with van der Waals surface area (Å²) in [5, 5.41) is 3.26. The third kappa shape index (κ3) is 4.52. The molecular weight excluding hydrogens is 405 g/mol. The van der Waals surface area contributed by atoms with Gasteiger partial charge in [0.15, 0.2) is 0 Å². The largest absolute Gasteiger partial charge is 0.379 e. The average molecular weight is 438 g/mol. The van der Waals surface area contributed by atoms with Crippen LogP contribution in [-0.2, 0) is 16.1 Å². The van der Waals surface area contributed by atoms with E-state index >= 15 is 0 Å². The lowest BCUT2D eigenvalue weighted by molar-refractivity contribution is -0.145. The van der Waals surface area contributed by atoms with E-state index in [1.165, 1.54) is 6.07 Å². The summed E-state index contributed by atoms with van der Waals surface area (Å²) in [6, 6.07) is 5.20. The lowest BCUT2D eigenvalue weighted by atomic mass is 9.61. The smallest absolute Gasteiger partial charge is 0.228 e. The number of amides is 1. The standard InChI is InChI=1S/C23H33ClFN3O2/c1-2-27-8-6-18-14-19(28-9-11-30-12-10-28)5-7-23(18,16-27)22(29)26-15-17-3-4-21(25)20(24)13-17/h3-4,13,18-19H,2,5-12,14-16H2,1H3,(H,26,29)/t18-,19+,23-/m1/s1. The quantitative estimate of drug-likeness (QED) is 0.767. The molecule has 30 heavy (non-hydrogen) atoms. The highest BCUT2D eigenvalue weighted by Crippen LogP contribution is 2.48. The number of fused-ring (bicyclic) bond motifs is 1. The Morgan fingerprint density at radius 1 is 1.30 bits per heavy atom. The fourth-order valence-electron chi connectivity index (χ4n) is 5.64. The van der Waals surface area contributed by atoms with E-state index in [1.54, 1.807) is 12.1 Å². The minimum Gasteiger partial charge on any atom is -0.379 e. The summed E-state index contributed by atoms with van der Waals surface area (Å²) in [4.78, 5) is 18.5. The van der Waals surface area contributed by atoms with E-state index in [9.17, 15) is 9.18 Å². The lowest BCUT2D eigenvalue weighted by Gasteiger charge is -2.53. The molecular formula is C23H33ClFN3O2. The molecule has 0 radical (unpaired) electrons. The van der Waals surface area contributed by atoms with Crippen LogP contribution < -0.4 is 5.32 Å². The summed E-state index contributed by atoms with van der Waals surface area (Å²) >= 11 is 5.91. The predicted molar refractivity (Wildman–Crippen MR) is 116 cm³/mol. The second-order valence-corrected chi connectivity index (χ2v) is 9.43. The number of halogens is 2. The average Bonchev–Trinajstić information content (AvgIpc) is 2.79. The highest BCUT2D eigenvalue weighted by molar-refractivity contribution is 6.30. The predicted octanol–water partition coefficient (Wildman–Crippen LogP) is 3.31. The van der Waals surface area contributed by atoms with Crippen molar-refractivity contribution in [2.75, 3.05) is 45.9 Å². The monoisotopic (exact) mass is 437 g/mol. The van der Waals surface area contributed by atoms with Crippen LogP contribution in [0.3, 0.4) is 0 Å². The SMILES string of the molecule is CCN1CC[C@@H]2C[C@@H](N3CCOCC3)CC[C@@]2(C(=O)NCc2ccc(F)c(Cl)c2)C1. The van der Waals surface area contributed by atoms with Crippen LogP contribution in [0.4, 0.5) is 4.39 Å².